The number of nitrogens with one attached hydrogen (secondary N) is 1. The van der Waals surface area contributed by atoms with E-state index in [0.717, 1.165) is 11.4 Å². The maximum atomic E-state index is 12.9. The van der Waals surface area contributed by atoms with Gasteiger partial charge >= 0.3 is 0 Å². The van der Waals surface area contributed by atoms with Gasteiger partial charge < -0.3 is 14.8 Å². The molecule has 1 N–H and O–H groups in total. The zero-order chi connectivity index (χ0) is 23.4. The fraction of sp³-hybridized carbons (Fsp3) is 0.167. The maximum Gasteiger partial charge on any atom is 0.262 e. The molecular weight excluding hydrogens is 425 g/mol. The van der Waals surface area contributed by atoms with E-state index < -0.39 is 0 Å². The molecule has 4 aromatic rings. The third-order valence-corrected chi connectivity index (χ3v) is 4.84. The molecular formula is C24H22FN5O3. The van der Waals surface area contributed by atoms with Gasteiger partial charge in [0.25, 0.3) is 5.91 Å². The molecule has 2 heterocycles. The lowest BCUT2D eigenvalue weighted by Gasteiger charge is -2.11. The first kappa shape index (κ1) is 21.9. The third kappa shape index (κ3) is 5.51. The molecule has 2 aromatic carbocycles. The molecule has 0 bridgehead atoms. The first-order chi connectivity index (χ1) is 15.9. The van der Waals surface area contributed by atoms with Gasteiger partial charge in [0.2, 0.25) is 5.88 Å². The molecule has 2 aromatic heterocycles. The molecule has 33 heavy (non-hydrogen) atoms. The lowest BCUT2D eigenvalue weighted by molar-refractivity contribution is -0.118. The van der Waals surface area contributed by atoms with Crippen molar-refractivity contribution < 1.29 is 18.7 Å². The van der Waals surface area contributed by atoms with Crippen LogP contribution in [0.3, 0.4) is 0 Å². The minimum absolute atomic E-state index is 0.194. The molecule has 8 nitrogen and oxygen atoms in total. The van der Waals surface area contributed by atoms with E-state index in [1.807, 2.05) is 18.4 Å². The Hall–Kier alpha value is -4.27. The number of benzene rings is 2. The molecule has 0 saturated carbocycles. The molecule has 0 aliphatic heterocycles. The lowest BCUT2D eigenvalue weighted by Crippen LogP contribution is -2.20. The van der Waals surface area contributed by atoms with E-state index in [0.29, 0.717) is 34.7 Å². The summed E-state index contributed by atoms with van der Waals surface area (Å²) in [6, 6.07) is 14.1. The minimum atomic E-state index is -0.366. The van der Waals surface area contributed by atoms with Crippen LogP contribution in [0, 0.1) is 26.6 Å². The van der Waals surface area contributed by atoms with Gasteiger partial charge in [0.1, 0.15) is 35.3 Å². The van der Waals surface area contributed by atoms with Gasteiger partial charge in [-0.05, 0) is 69.3 Å². The Bertz CT molecular complexity index is 1270. The monoisotopic (exact) mass is 447 g/mol. The average molecular weight is 447 g/mol. The number of hydrogen-bond acceptors (Lipinski definition) is 6. The summed E-state index contributed by atoms with van der Waals surface area (Å²) in [6.07, 6.45) is 1.72. The number of ether oxygens (including phenoxy) is 2. The van der Waals surface area contributed by atoms with Crippen LogP contribution >= 0.6 is 0 Å². The van der Waals surface area contributed by atoms with Gasteiger partial charge in [0.15, 0.2) is 6.61 Å². The van der Waals surface area contributed by atoms with Crippen molar-refractivity contribution in [3.05, 3.63) is 84.0 Å². The number of nitrogens with zero attached hydrogens (tertiary/aromatic N) is 4. The molecule has 0 radical (unpaired) electrons. The Morgan fingerprint density at radius 1 is 1.00 bits per heavy atom. The molecule has 4 rings (SSSR count). The van der Waals surface area contributed by atoms with E-state index in [2.05, 4.69) is 20.3 Å². The summed E-state index contributed by atoms with van der Waals surface area (Å²) < 4.78 is 26.0. The fourth-order valence-corrected chi connectivity index (χ4v) is 3.03. The van der Waals surface area contributed by atoms with Gasteiger partial charge in [0, 0.05) is 17.4 Å². The molecule has 1 amide bonds. The maximum absolute atomic E-state index is 12.9. The topological polar surface area (TPSA) is 91.2 Å². The molecule has 9 heteroatoms. The standard InChI is InChI=1S/C24H22FN5O3/c1-15-16(2)30(14-26-15)22-12-24(28-17(3)27-22)33-21-10-6-19(7-11-21)29-23(31)13-32-20-8-4-18(25)5-9-20/h4-12,14H,13H2,1-3H3,(H,29,31). The molecule has 168 valence electrons. The van der Waals surface area contributed by atoms with Crippen molar-refractivity contribution in [3.8, 4) is 23.2 Å². The molecule has 0 saturated heterocycles. The van der Waals surface area contributed by atoms with Gasteiger partial charge in [-0.25, -0.2) is 14.4 Å². The predicted octanol–water partition coefficient (Wildman–Crippen LogP) is 4.54. The summed E-state index contributed by atoms with van der Waals surface area (Å²) in [7, 11) is 0. The number of rotatable bonds is 7. The van der Waals surface area contributed by atoms with Crippen LogP contribution < -0.4 is 14.8 Å². The van der Waals surface area contributed by atoms with Crippen LogP contribution in [0.5, 0.6) is 17.4 Å². The van der Waals surface area contributed by atoms with Crippen LogP contribution in [-0.2, 0) is 4.79 Å². The number of aromatic nitrogens is 4. The normalized spacial score (nSPS) is 10.7. The number of aryl methyl sites for hydroxylation is 2. The summed E-state index contributed by atoms with van der Waals surface area (Å²) >= 11 is 0. The van der Waals surface area contributed by atoms with E-state index >= 15 is 0 Å². The highest BCUT2D eigenvalue weighted by atomic mass is 19.1. The first-order valence-electron chi connectivity index (χ1n) is 10.2. The van der Waals surface area contributed by atoms with Crippen molar-refractivity contribution in [2.75, 3.05) is 11.9 Å². The van der Waals surface area contributed by atoms with Gasteiger partial charge in [-0.3, -0.25) is 9.36 Å². The van der Waals surface area contributed by atoms with Gasteiger partial charge in [-0.15, -0.1) is 0 Å². The van der Waals surface area contributed by atoms with Crippen molar-refractivity contribution in [2.24, 2.45) is 0 Å². The van der Waals surface area contributed by atoms with Crippen LogP contribution in [0.15, 0.2) is 60.9 Å². The summed E-state index contributed by atoms with van der Waals surface area (Å²) in [5.74, 6) is 1.89. The van der Waals surface area contributed by atoms with Crippen molar-refractivity contribution in [2.45, 2.75) is 20.8 Å². The Labute approximate surface area is 190 Å². The van der Waals surface area contributed by atoms with E-state index in [1.54, 1.807) is 43.6 Å². The minimum Gasteiger partial charge on any atom is -0.484 e. The van der Waals surface area contributed by atoms with E-state index in [9.17, 15) is 9.18 Å². The lowest BCUT2D eigenvalue weighted by atomic mass is 10.3. The smallest absolute Gasteiger partial charge is 0.262 e. The average Bonchev–Trinajstić information content (AvgIpc) is 3.13. The Kier molecular flexibility index (Phi) is 6.30. The van der Waals surface area contributed by atoms with Gasteiger partial charge in [-0.1, -0.05) is 0 Å². The Morgan fingerprint density at radius 2 is 1.70 bits per heavy atom. The second-order valence-electron chi connectivity index (χ2n) is 7.31. The summed E-state index contributed by atoms with van der Waals surface area (Å²) in [4.78, 5) is 25.2. The quantitative estimate of drug-likeness (QED) is 0.447. The zero-order valence-corrected chi connectivity index (χ0v) is 18.4. The SMILES string of the molecule is Cc1nc(Oc2ccc(NC(=O)COc3ccc(F)cc3)cc2)cc(-n2cnc(C)c2C)n1. The van der Waals surface area contributed by atoms with Gasteiger partial charge in [-0.2, -0.15) is 4.98 Å². The Balaban J connectivity index is 1.38. The van der Waals surface area contributed by atoms with E-state index in [1.165, 1.54) is 24.3 Å². The third-order valence-electron chi connectivity index (χ3n) is 4.84. The number of halogens is 1. The molecule has 0 aliphatic carbocycles. The van der Waals surface area contributed by atoms with Gasteiger partial charge in [0.05, 0.1) is 5.69 Å². The van der Waals surface area contributed by atoms with Crippen molar-refractivity contribution in [1.82, 2.24) is 19.5 Å². The highest BCUT2D eigenvalue weighted by molar-refractivity contribution is 5.91. The molecule has 0 unspecified atom stereocenters. The van der Waals surface area contributed by atoms with Crippen LogP contribution in [0.4, 0.5) is 10.1 Å². The number of imidazole rings is 1. The number of hydrogen-bond donors (Lipinski definition) is 1. The summed E-state index contributed by atoms with van der Waals surface area (Å²) in [5.41, 5.74) is 2.50. The first-order valence-corrected chi connectivity index (χ1v) is 10.2. The number of carbonyl (C=O) groups excluding carboxylic acids is 1. The van der Waals surface area contributed by atoms with Crippen molar-refractivity contribution in [3.63, 3.8) is 0 Å². The molecule has 0 aliphatic rings. The van der Waals surface area contributed by atoms with Crippen LogP contribution in [0.25, 0.3) is 5.82 Å². The van der Waals surface area contributed by atoms with Crippen LogP contribution in [0.2, 0.25) is 0 Å². The van der Waals surface area contributed by atoms with Crippen molar-refractivity contribution in [1.29, 1.82) is 0 Å². The highest BCUT2D eigenvalue weighted by Gasteiger charge is 2.10. The number of amides is 1. The molecule has 0 spiro atoms. The van der Waals surface area contributed by atoms with E-state index in [-0.39, 0.29) is 18.3 Å². The Morgan fingerprint density at radius 3 is 2.36 bits per heavy atom. The number of carbonyl (C=O) groups is 1. The molecule has 0 atom stereocenters. The largest absolute Gasteiger partial charge is 0.484 e. The second kappa shape index (κ2) is 9.47. The molecule has 0 fully saturated rings. The van der Waals surface area contributed by atoms with Crippen LogP contribution in [-0.4, -0.2) is 32.0 Å². The zero-order valence-electron chi connectivity index (χ0n) is 18.4. The van der Waals surface area contributed by atoms with Crippen molar-refractivity contribution >= 4 is 11.6 Å². The summed E-state index contributed by atoms with van der Waals surface area (Å²) in [5, 5.41) is 2.73. The number of anilines is 1. The predicted molar refractivity (Wildman–Crippen MR) is 120 cm³/mol. The van der Waals surface area contributed by atoms with E-state index in [4.69, 9.17) is 9.47 Å². The highest BCUT2D eigenvalue weighted by Crippen LogP contribution is 2.24. The summed E-state index contributed by atoms with van der Waals surface area (Å²) in [6.45, 7) is 5.51. The van der Waals surface area contributed by atoms with Crippen LogP contribution in [0.1, 0.15) is 17.2 Å². The second-order valence-corrected chi connectivity index (χ2v) is 7.31. The fourth-order valence-electron chi connectivity index (χ4n) is 3.03.